The predicted octanol–water partition coefficient (Wildman–Crippen LogP) is 10.2. The van der Waals surface area contributed by atoms with Gasteiger partial charge in [-0.1, -0.05) is 132 Å². The van der Waals surface area contributed by atoms with Gasteiger partial charge in [0.2, 0.25) is 0 Å². The molecule has 6 rings (SSSR count). The van der Waals surface area contributed by atoms with Crippen LogP contribution in [0.15, 0.2) is 121 Å². The van der Waals surface area contributed by atoms with Crippen LogP contribution in [0.3, 0.4) is 0 Å². The van der Waals surface area contributed by atoms with Gasteiger partial charge in [0.05, 0.1) is 0 Å². The van der Waals surface area contributed by atoms with E-state index in [1.165, 1.54) is 76.6 Å². The van der Waals surface area contributed by atoms with Crippen LogP contribution in [0, 0.1) is 55.4 Å². The van der Waals surface area contributed by atoms with Gasteiger partial charge in [0, 0.05) is 0 Å². The SMILES string of the molecule is Cc1cc(C)cc(P(c2cc(C)cc(C)c2)[c-]2cccc2[C@H](C)P(c2cc(C)cc(C)c2)c2cc(C)cc(C)c2)c1.[Fe+2].c1cc[cH-]c1. The van der Waals surface area contributed by atoms with E-state index in [1.807, 2.05) is 30.3 Å². The van der Waals surface area contributed by atoms with Gasteiger partial charge in [0.1, 0.15) is 0 Å². The van der Waals surface area contributed by atoms with E-state index >= 15 is 0 Å². The van der Waals surface area contributed by atoms with Crippen molar-refractivity contribution < 1.29 is 17.1 Å². The molecule has 3 heteroatoms. The molecule has 0 aliphatic carbocycles. The molecule has 0 amide bonds. The van der Waals surface area contributed by atoms with E-state index in [4.69, 9.17) is 0 Å². The molecular formula is C44H48FeP2. The molecule has 0 saturated carbocycles. The average molecular weight is 695 g/mol. The normalized spacial score (nSPS) is 11.6. The molecule has 0 radical (unpaired) electrons. The number of hydrogen-bond acceptors (Lipinski definition) is 0. The van der Waals surface area contributed by atoms with Crippen molar-refractivity contribution in [1.82, 2.24) is 0 Å². The van der Waals surface area contributed by atoms with Gasteiger partial charge in [0.25, 0.3) is 0 Å². The Bertz CT molecular complexity index is 1710. The Morgan fingerprint density at radius 3 is 1.15 bits per heavy atom. The number of benzene rings is 4. The molecule has 0 fully saturated rings. The molecule has 0 unspecified atom stereocenters. The molecule has 0 bridgehead atoms. The molecule has 1 atom stereocenters. The van der Waals surface area contributed by atoms with Crippen LogP contribution in [-0.2, 0) is 17.1 Å². The first-order valence-electron chi connectivity index (χ1n) is 16.3. The van der Waals surface area contributed by atoms with Crippen molar-refractivity contribution in [2.24, 2.45) is 0 Å². The quantitative estimate of drug-likeness (QED) is 0.0887. The summed E-state index contributed by atoms with van der Waals surface area (Å²) in [5.41, 5.74) is 12.6. The maximum Gasteiger partial charge on any atom is 2.00 e. The summed E-state index contributed by atoms with van der Waals surface area (Å²) in [7, 11) is -1.32. The molecule has 242 valence electrons. The Morgan fingerprint density at radius 1 is 0.489 bits per heavy atom. The molecule has 6 aromatic carbocycles. The van der Waals surface area contributed by atoms with Crippen LogP contribution >= 0.6 is 15.8 Å². The van der Waals surface area contributed by atoms with E-state index in [0.29, 0.717) is 5.66 Å². The minimum Gasteiger partial charge on any atom is -0.214 e. The first-order chi connectivity index (χ1) is 22.0. The van der Waals surface area contributed by atoms with E-state index in [2.05, 4.69) is 153 Å². The topological polar surface area (TPSA) is 0 Å². The van der Waals surface area contributed by atoms with Gasteiger partial charge in [-0.15, -0.1) is 5.30 Å². The maximum atomic E-state index is 2.48. The van der Waals surface area contributed by atoms with Crippen LogP contribution < -0.4 is 26.5 Å². The van der Waals surface area contributed by atoms with E-state index in [1.54, 1.807) is 0 Å². The molecule has 0 aromatic heterocycles. The Morgan fingerprint density at radius 2 is 0.830 bits per heavy atom. The van der Waals surface area contributed by atoms with Crippen LogP contribution in [0.25, 0.3) is 0 Å². The zero-order valence-corrected chi connectivity index (χ0v) is 32.3. The molecule has 0 nitrogen and oxygen atoms in total. The number of aryl methyl sites for hydroxylation is 8. The van der Waals surface area contributed by atoms with E-state index in [0.717, 1.165) is 0 Å². The van der Waals surface area contributed by atoms with Crippen LogP contribution in [-0.4, -0.2) is 0 Å². The summed E-state index contributed by atoms with van der Waals surface area (Å²) < 4.78 is 0. The Balaban J connectivity index is 0.000000762. The van der Waals surface area contributed by atoms with Gasteiger partial charge in [-0.3, -0.25) is 0 Å². The fraction of sp³-hybridized carbons (Fsp3) is 0.227. The second-order valence-corrected chi connectivity index (χ2v) is 17.8. The molecule has 0 N–H and O–H groups in total. The summed E-state index contributed by atoms with van der Waals surface area (Å²) in [5.74, 6) is 0. The number of hydrogen-bond donors (Lipinski definition) is 0. The third kappa shape index (κ3) is 9.32. The molecule has 0 saturated heterocycles. The van der Waals surface area contributed by atoms with Crippen molar-refractivity contribution in [3.8, 4) is 0 Å². The Kier molecular flexibility index (Phi) is 12.8. The smallest absolute Gasteiger partial charge is 0.214 e. The molecule has 0 aliphatic heterocycles. The molecule has 0 aliphatic rings. The Hall–Kier alpha value is -3.04. The fourth-order valence-electron chi connectivity index (χ4n) is 6.80. The first kappa shape index (κ1) is 36.8. The first-order valence-corrected chi connectivity index (χ1v) is 19.1. The average Bonchev–Trinajstić information content (AvgIpc) is 3.68. The summed E-state index contributed by atoms with van der Waals surface area (Å²) in [6.45, 7) is 20.4. The number of rotatable bonds is 7. The largest absolute Gasteiger partial charge is 2.00 e. The molecular weight excluding hydrogens is 646 g/mol. The zero-order chi connectivity index (χ0) is 33.0. The molecule has 47 heavy (non-hydrogen) atoms. The van der Waals surface area contributed by atoms with E-state index in [-0.39, 0.29) is 17.1 Å². The molecule has 0 heterocycles. The molecule has 0 spiro atoms. The van der Waals surface area contributed by atoms with E-state index in [9.17, 15) is 0 Å². The van der Waals surface area contributed by atoms with Gasteiger partial charge in [-0.2, -0.15) is 29.8 Å². The van der Waals surface area contributed by atoms with Crippen LogP contribution in [0.2, 0.25) is 0 Å². The van der Waals surface area contributed by atoms with Crippen LogP contribution in [0.4, 0.5) is 0 Å². The zero-order valence-electron chi connectivity index (χ0n) is 29.4. The maximum absolute atomic E-state index is 2.48. The second-order valence-electron chi connectivity index (χ2n) is 13.1. The summed E-state index contributed by atoms with van der Waals surface area (Å²) in [4.78, 5) is 0. The predicted molar refractivity (Wildman–Crippen MR) is 208 cm³/mol. The van der Waals surface area contributed by atoms with Gasteiger partial charge < -0.3 is 0 Å². The summed E-state index contributed by atoms with van der Waals surface area (Å²) in [5, 5.41) is 7.35. The third-order valence-electron chi connectivity index (χ3n) is 8.36. The van der Waals surface area contributed by atoms with Crippen molar-refractivity contribution in [3.05, 3.63) is 171 Å². The van der Waals surface area contributed by atoms with Crippen molar-refractivity contribution in [1.29, 1.82) is 0 Å². The van der Waals surface area contributed by atoms with Gasteiger partial charge in [-0.25, -0.2) is 24.3 Å². The molecule has 6 aromatic rings. The van der Waals surface area contributed by atoms with Gasteiger partial charge in [0.15, 0.2) is 0 Å². The van der Waals surface area contributed by atoms with Crippen molar-refractivity contribution in [3.63, 3.8) is 0 Å². The second kappa shape index (κ2) is 16.4. The van der Waals surface area contributed by atoms with Crippen molar-refractivity contribution in [2.45, 2.75) is 68.0 Å². The van der Waals surface area contributed by atoms with Gasteiger partial charge >= 0.3 is 17.1 Å². The van der Waals surface area contributed by atoms with Crippen LogP contribution in [0.5, 0.6) is 0 Å². The monoisotopic (exact) mass is 694 g/mol. The summed E-state index contributed by atoms with van der Waals surface area (Å²) in [6, 6.07) is 45.8. The Labute approximate surface area is 297 Å². The fourth-order valence-corrected chi connectivity index (χ4v) is 12.9. The van der Waals surface area contributed by atoms with Gasteiger partial charge in [-0.05, 0) is 90.2 Å². The van der Waals surface area contributed by atoms with Crippen molar-refractivity contribution >= 4 is 42.4 Å². The minimum atomic E-state index is -0.704. The summed E-state index contributed by atoms with van der Waals surface area (Å²) >= 11 is 0. The van der Waals surface area contributed by atoms with Crippen molar-refractivity contribution in [2.75, 3.05) is 0 Å². The standard InChI is InChI=1S/C39H43P2.C5H5.Fe/c1-25-13-26(2)18-34(17-25)40(35-19-27(3)14-28(4)20-35)33(9)38-11-10-12-39(38)41(36-21-29(5)15-30(6)22-36)37-23-31(7)16-32(8)24-37;1-2-4-5-3-1;/h10-24,33H,1-9H3;1-5H;/q2*-1;+2/t33-;;/m0../s1. The third-order valence-corrected chi connectivity index (χ3v) is 13.5. The van der Waals surface area contributed by atoms with Crippen LogP contribution in [0.1, 0.15) is 62.7 Å². The summed E-state index contributed by atoms with van der Waals surface area (Å²) in [6.07, 6.45) is 0. The van der Waals surface area contributed by atoms with E-state index < -0.39 is 15.8 Å². The minimum absolute atomic E-state index is 0.